The summed E-state index contributed by atoms with van der Waals surface area (Å²) in [5, 5.41) is 17.9. The number of nitrogens with one attached hydrogen (secondary N) is 1. The van der Waals surface area contributed by atoms with Crippen molar-refractivity contribution >= 4 is 11.6 Å². The van der Waals surface area contributed by atoms with Crippen LogP contribution >= 0.6 is 0 Å². The Balaban J connectivity index is 1.91. The molecular weight excluding hydrogens is 272 g/mol. The summed E-state index contributed by atoms with van der Waals surface area (Å²) in [7, 11) is 0. The molecule has 8 heteroatoms. The number of nitrogens with two attached hydrogens (primary N) is 1. The quantitative estimate of drug-likeness (QED) is 0.648. The number of aromatic nitrogens is 3. The Hall–Kier alpha value is -2.48. The van der Waals surface area contributed by atoms with Gasteiger partial charge in [-0.25, -0.2) is 0 Å². The zero-order chi connectivity index (χ0) is 15.0. The molecule has 0 aliphatic carbocycles. The van der Waals surface area contributed by atoms with Gasteiger partial charge in [-0.15, -0.1) is 5.10 Å². The van der Waals surface area contributed by atoms with E-state index in [0.29, 0.717) is 17.3 Å². The van der Waals surface area contributed by atoms with Crippen molar-refractivity contribution in [2.75, 3.05) is 18.0 Å². The topological polar surface area (TPSA) is 114 Å². The molecule has 2 heterocycles. The van der Waals surface area contributed by atoms with Crippen molar-refractivity contribution in [3.8, 4) is 11.4 Å². The van der Waals surface area contributed by atoms with E-state index in [1.807, 2.05) is 17.9 Å². The van der Waals surface area contributed by atoms with E-state index in [2.05, 4.69) is 15.2 Å². The van der Waals surface area contributed by atoms with E-state index in [0.717, 1.165) is 25.1 Å². The zero-order valence-corrected chi connectivity index (χ0v) is 11.6. The molecule has 1 fully saturated rings. The number of H-pyrrole nitrogens is 1. The zero-order valence-electron chi connectivity index (χ0n) is 11.6. The van der Waals surface area contributed by atoms with Crippen molar-refractivity contribution in [3.05, 3.63) is 33.9 Å². The maximum atomic E-state index is 10.9. The number of nitrogens with zero attached hydrogens (tertiary/aromatic N) is 4. The predicted molar refractivity (Wildman–Crippen MR) is 78.0 cm³/mol. The van der Waals surface area contributed by atoms with Crippen molar-refractivity contribution < 1.29 is 4.92 Å². The lowest BCUT2D eigenvalue weighted by molar-refractivity contribution is -0.384. The third-order valence-electron chi connectivity index (χ3n) is 3.53. The molecule has 0 amide bonds. The Morgan fingerprint density at radius 2 is 2.29 bits per heavy atom. The molecule has 2 aromatic rings. The van der Waals surface area contributed by atoms with Gasteiger partial charge in [-0.1, -0.05) is 0 Å². The van der Waals surface area contributed by atoms with Crippen LogP contribution in [0.3, 0.4) is 0 Å². The molecule has 0 bridgehead atoms. The average molecular weight is 288 g/mol. The van der Waals surface area contributed by atoms with Crippen LogP contribution in [0.15, 0.2) is 18.2 Å². The minimum Gasteiger partial charge on any atom is -0.338 e. The molecule has 0 spiro atoms. The van der Waals surface area contributed by atoms with E-state index in [9.17, 15) is 10.1 Å². The Morgan fingerprint density at radius 3 is 2.95 bits per heavy atom. The molecule has 110 valence electrons. The van der Waals surface area contributed by atoms with Gasteiger partial charge in [0.25, 0.3) is 5.69 Å². The predicted octanol–water partition coefficient (Wildman–Crippen LogP) is 1.23. The fourth-order valence-corrected chi connectivity index (χ4v) is 2.50. The first kappa shape index (κ1) is 13.5. The summed E-state index contributed by atoms with van der Waals surface area (Å²) in [6.07, 6.45) is 0.916. The molecule has 1 aromatic carbocycles. The number of benzene rings is 1. The van der Waals surface area contributed by atoms with Gasteiger partial charge in [-0.3, -0.25) is 15.2 Å². The Bertz CT molecular complexity index is 683. The number of non-ortho nitro benzene ring substituents is 1. The van der Waals surface area contributed by atoms with Crippen LogP contribution in [0.4, 0.5) is 11.6 Å². The number of anilines is 1. The van der Waals surface area contributed by atoms with Crippen LogP contribution in [0.2, 0.25) is 0 Å². The summed E-state index contributed by atoms with van der Waals surface area (Å²) >= 11 is 0. The summed E-state index contributed by atoms with van der Waals surface area (Å²) < 4.78 is 0. The average Bonchev–Trinajstić information content (AvgIpc) is 3.06. The third kappa shape index (κ3) is 2.70. The van der Waals surface area contributed by atoms with E-state index in [-0.39, 0.29) is 11.7 Å². The highest BCUT2D eigenvalue weighted by atomic mass is 16.6. The van der Waals surface area contributed by atoms with Crippen molar-refractivity contribution in [1.29, 1.82) is 0 Å². The van der Waals surface area contributed by atoms with E-state index in [4.69, 9.17) is 5.73 Å². The molecule has 1 aliphatic heterocycles. The van der Waals surface area contributed by atoms with Gasteiger partial charge in [0.1, 0.15) is 0 Å². The van der Waals surface area contributed by atoms with Gasteiger partial charge in [0.2, 0.25) is 5.95 Å². The highest BCUT2D eigenvalue weighted by Gasteiger charge is 2.23. The number of hydrogen-bond acceptors (Lipinski definition) is 6. The molecule has 0 radical (unpaired) electrons. The van der Waals surface area contributed by atoms with Crippen LogP contribution in [0.5, 0.6) is 0 Å². The van der Waals surface area contributed by atoms with E-state index in [1.165, 1.54) is 12.1 Å². The fourth-order valence-electron chi connectivity index (χ4n) is 2.50. The summed E-state index contributed by atoms with van der Waals surface area (Å²) in [6.45, 7) is 3.37. The molecule has 1 aliphatic rings. The summed E-state index contributed by atoms with van der Waals surface area (Å²) in [4.78, 5) is 16.9. The molecular formula is C13H16N6O2. The SMILES string of the molecule is Cc1cc(-c2nc(N3CCC(N)C3)n[nH]2)cc([N+](=O)[O-])c1. The van der Waals surface area contributed by atoms with Crippen LogP contribution in [-0.2, 0) is 0 Å². The Labute approximate surface area is 121 Å². The van der Waals surface area contributed by atoms with Gasteiger partial charge in [-0.2, -0.15) is 4.98 Å². The number of nitro groups is 1. The second kappa shape index (κ2) is 5.13. The third-order valence-corrected chi connectivity index (χ3v) is 3.53. The second-order valence-electron chi connectivity index (χ2n) is 5.29. The van der Waals surface area contributed by atoms with Crippen LogP contribution < -0.4 is 10.6 Å². The Morgan fingerprint density at radius 1 is 1.48 bits per heavy atom. The summed E-state index contributed by atoms with van der Waals surface area (Å²) in [5.74, 6) is 1.11. The first-order valence-electron chi connectivity index (χ1n) is 6.72. The van der Waals surface area contributed by atoms with Crippen molar-refractivity contribution in [1.82, 2.24) is 15.2 Å². The number of rotatable bonds is 3. The normalized spacial score (nSPS) is 18.2. The molecule has 1 aromatic heterocycles. The van der Waals surface area contributed by atoms with E-state index >= 15 is 0 Å². The van der Waals surface area contributed by atoms with Crippen molar-refractivity contribution in [2.24, 2.45) is 5.73 Å². The minimum absolute atomic E-state index is 0.0474. The molecule has 3 rings (SSSR count). The number of aryl methyl sites for hydroxylation is 1. The van der Waals surface area contributed by atoms with E-state index in [1.54, 1.807) is 0 Å². The van der Waals surface area contributed by atoms with Gasteiger partial charge in [-0.05, 0) is 25.0 Å². The van der Waals surface area contributed by atoms with Gasteiger partial charge >= 0.3 is 0 Å². The maximum Gasteiger partial charge on any atom is 0.270 e. The van der Waals surface area contributed by atoms with Gasteiger partial charge in [0, 0.05) is 36.8 Å². The lowest BCUT2D eigenvalue weighted by Crippen LogP contribution is -2.26. The maximum absolute atomic E-state index is 10.9. The van der Waals surface area contributed by atoms with Crippen LogP contribution in [0, 0.1) is 17.0 Å². The smallest absolute Gasteiger partial charge is 0.270 e. The number of aromatic amines is 1. The fraction of sp³-hybridized carbons (Fsp3) is 0.385. The second-order valence-corrected chi connectivity index (χ2v) is 5.29. The highest BCUT2D eigenvalue weighted by Crippen LogP contribution is 2.25. The van der Waals surface area contributed by atoms with E-state index < -0.39 is 4.92 Å². The van der Waals surface area contributed by atoms with Crippen molar-refractivity contribution in [3.63, 3.8) is 0 Å². The van der Waals surface area contributed by atoms with Crippen LogP contribution in [-0.4, -0.2) is 39.2 Å². The first-order valence-corrected chi connectivity index (χ1v) is 6.72. The van der Waals surface area contributed by atoms with Gasteiger partial charge in [0.05, 0.1) is 4.92 Å². The molecule has 0 saturated carbocycles. The number of nitro benzene ring substituents is 1. The molecule has 1 atom stereocenters. The molecule has 1 saturated heterocycles. The highest BCUT2D eigenvalue weighted by molar-refractivity contribution is 5.61. The minimum atomic E-state index is -0.409. The lowest BCUT2D eigenvalue weighted by atomic mass is 10.1. The van der Waals surface area contributed by atoms with Gasteiger partial charge < -0.3 is 10.6 Å². The molecule has 1 unspecified atom stereocenters. The van der Waals surface area contributed by atoms with Crippen molar-refractivity contribution in [2.45, 2.75) is 19.4 Å². The first-order chi connectivity index (χ1) is 10.0. The lowest BCUT2D eigenvalue weighted by Gasteiger charge is -2.11. The monoisotopic (exact) mass is 288 g/mol. The summed E-state index contributed by atoms with van der Waals surface area (Å²) in [6, 6.07) is 5.01. The van der Waals surface area contributed by atoms with Gasteiger partial charge in [0.15, 0.2) is 5.82 Å². The molecule has 8 nitrogen and oxygen atoms in total. The summed E-state index contributed by atoms with van der Waals surface area (Å²) in [5.41, 5.74) is 7.38. The van der Waals surface area contributed by atoms with Crippen LogP contribution in [0.1, 0.15) is 12.0 Å². The molecule has 3 N–H and O–H groups in total. The molecule has 21 heavy (non-hydrogen) atoms. The van der Waals surface area contributed by atoms with Crippen LogP contribution in [0.25, 0.3) is 11.4 Å². The largest absolute Gasteiger partial charge is 0.338 e. The Kier molecular flexibility index (Phi) is 3.30. The number of hydrogen-bond donors (Lipinski definition) is 2. The standard InChI is InChI=1S/C13H16N6O2/c1-8-4-9(6-11(5-8)19(20)21)12-15-13(17-16-12)18-3-2-10(14)7-18/h4-6,10H,2-3,7,14H2,1H3,(H,15,16,17).